The Morgan fingerprint density at radius 2 is 2.00 bits per heavy atom. The van der Waals surface area contributed by atoms with Gasteiger partial charge in [-0.1, -0.05) is 0 Å². The number of rotatable bonds is 5. The van der Waals surface area contributed by atoms with Gasteiger partial charge < -0.3 is 14.9 Å². The number of sulfonamides is 1. The Morgan fingerprint density at radius 3 is 2.71 bits per heavy atom. The zero-order chi connectivity index (χ0) is 19.5. The van der Waals surface area contributed by atoms with Gasteiger partial charge in [0.2, 0.25) is 10.0 Å². The van der Waals surface area contributed by atoms with Crippen LogP contribution in [0.25, 0.3) is 21.8 Å². The molecule has 0 bridgehead atoms. The summed E-state index contributed by atoms with van der Waals surface area (Å²) >= 11 is 0. The summed E-state index contributed by atoms with van der Waals surface area (Å²) in [6.45, 7) is 1.57. The number of fused-ring (bicyclic) bond motifs is 3. The molecule has 1 aromatic carbocycles. The number of likely N-dealkylation sites (N-methyl/N-ethyl adjacent to an activating group) is 1. The van der Waals surface area contributed by atoms with Crippen molar-refractivity contribution < 1.29 is 8.42 Å². The maximum absolute atomic E-state index is 13.5. The average Bonchev–Trinajstić information content (AvgIpc) is 3.22. The summed E-state index contributed by atoms with van der Waals surface area (Å²) in [6, 6.07) is 7.21. The summed E-state index contributed by atoms with van der Waals surface area (Å²) < 4.78 is 28.8. The number of H-pyrrole nitrogens is 2. The molecule has 2 fully saturated rings. The Kier molecular flexibility index (Phi) is 4.12. The molecule has 1 saturated heterocycles. The van der Waals surface area contributed by atoms with E-state index in [1.165, 1.54) is 0 Å². The minimum absolute atomic E-state index is 0.109. The van der Waals surface area contributed by atoms with Crippen molar-refractivity contribution in [1.29, 1.82) is 0 Å². The van der Waals surface area contributed by atoms with Crippen molar-refractivity contribution in [2.75, 3.05) is 20.1 Å². The maximum Gasteiger partial charge on any atom is 0.272 e. The molecule has 3 aromatic rings. The fourth-order valence-electron chi connectivity index (χ4n) is 4.34. The van der Waals surface area contributed by atoms with Crippen LogP contribution < -0.4 is 5.56 Å². The lowest BCUT2D eigenvalue weighted by molar-refractivity contribution is 0.252. The Balaban J connectivity index is 1.58. The van der Waals surface area contributed by atoms with E-state index in [0.717, 1.165) is 43.0 Å². The Bertz CT molecular complexity index is 1210. The molecule has 7 nitrogen and oxygen atoms in total. The minimum atomic E-state index is -3.60. The number of nitrogens with zero attached hydrogens (tertiary/aromatic N) is 2. The predicted octanol–water partition coefficient (Wildman–Crippen LogP) is 2.26. The van der Waals surface area contributed by atoms with Gasteiger partial charge in [0.1, 0.15) is 5.52 Å². The number of benzene rings is 1. The van der Waals surface area contributed by atoms with Crippen LogP contribution in [0.15, 0.2) is 40.2 Å². The van der Waals surface area contributed by atoms with Crippen LogP contribution in [0, 0.1) is 0 Å². The van der Waals surface area contributed by atoms with Gasteiger partial charge in [-0.2, -0.15) is 4.31 Å². The molecule has 28 heavy (non-hydrogen) atoms. The van der Waals surface area contributed by atoms with Crippen molar-refractivity contribution in [3.05, 3.63) is 40.8 Å². The molecule has 1 atom stereocenters. The van der Waals surface area contributed by atoms with Gasteiger partial charge in [-0.25, -0.2) is 8.42 Å². The first-order chi connectivity index (χ1) is 13.4. The molecular weight excluding hydrogens is 376 g/mol. The number of hydrogen-bond donors (Lipinski definition) is 2. The number of likely N-dealkylation sites (tertiary alicyclic amines) is 1. The highest BCUT2D eigenvalue weighted by molar-refractivity contribution is 7.89. The molecule has 2 N–H and O–H groups in total. The molecule has 2 aromatic heterocycles. The van der Waals surface area contributed by atoms with Crippen molar-refractivity contribution in [1.82, 2.24) is 19.2 Å². The molecule has 5 rings (SSSR count). The molecule has 148 valence electrons. The van der Waals surface area contributed by atoms with Gasteiger partial charge in [-0.15, -0.1) is 0 Å². The summed E-state index contributed by atoms with van der Waals surface area (Å²) in [4.78, 5) is 20.5. The monoisotopic (exact) mass is 400 g/mol. The first-order valence-corrected chi connectivity index (χ1v) is 11.2. The third-order valence-electron chi connectivity index (χ3n) is 6.13. The molecule has 1 aliphatic heterocycles. The van der Waals surface area contributed by atoms with Crippen molar-refractivity contribution >= 4 is 31.8 Å². The van der Waals surface area contributed by atoms with E-state index in [4.69, 9.17) is 0 Å². The highest BCUT2D eigenvalue weighted by Gasteiger charge is 2.40. The molecule has 0 unspecified atom stereocenters. The largest absolute Gasteiger partial charge is 0.357 e. The first-order valence-electron chi connectivity index (χ1n) is 9.80. The van der Waals surface area contributed by atoms with Crippen LogP contribution in [-0.4, -0.2) is 59.8 Å². The van der Waals surface area contributed by atoms with E-state index >= 15 is 0 Å². The molecular formula is C20H24N4O3S. The highest BCUT2D eigenvalue weighted by Crippen LogP contribution is 2.34. The van der Waals surface area contributed by atoms with Gasteiger partial charge in [0, 0.05) is 41.1 Å². The van der Waals surface area contributed by atoms with Crippen LogP contribution >= 0.6 is 0 Å². The fourth-order valence-corrected chi connectivity index (χ4v) is 6.09. The zero-order valence-electron chi connectivity index (χ0n) is 15.8. The van der Waals surface area contributed by atoms with Gasteiger partial charge in [-0.3, -0.25) is 4.79 Å². The summed E-state index contributed by atoms with van der Waals surface area (Å²) in [5.41, 5.74) is 0.908. The van der Waals surface area contributed by atoms with Gasteiger partial charge in [0.15, 0.2) is 0 Å². The number of aromatic nitrogens is 2. The molecule has 2 aliphatic rings. The summed E-state index contributed by atoms with van der Waals surface area (Å²) in [5, 5.41) is 1.48. The van der Waals surface area contributed by atoms with Crippen molar-refractivity contribution in [3.63, 3.8) is 0 Å². The predicted molar refractivity (Wildman–Crippen MR) is 109 cm³/mol. The third kappa shape index (κ3) is 2.87. The second kappa shape index (κ2) is 6.43. The summed E-state index contributed by atoms with van der Waals surface area (Å²) in [5.74, 6) is 0. The lowest BCUT2D eigenvalue weighted by atomic mass is 10.1. The van der Waals surface area contributed by atoms with Crippen LogP contribution in [0.2, 0.25) is 0 Å². The lowest BCUT2D eigenvalue weighted by Gasteiger charge is -2.28. The first kappa shape index (κ1) is 17.9. The summed E-state index contributed by atoms with van der Waals surface area (Å²) in [7, 11) is -1.52. The van der Waals surface area contributed by atoms with E-state index in [0.29, 0.717) is 22.5 Å². The van der Waals surface area contributed by atoms with Crippen LogP contribution in [0.1, 0.15) is 25.7 Å². The Morgan fingerprint density at radius 1 is 1.18 bits per heavy atom. The zero-order valence-corrected chi connectivity index (χ0v) is 16.6. The van der Waals surface area contributed by atoms with Crippen LogP contribution in [0.3, 0.4) is 0 Å². The van der Waals surface area contributed by atoms with Crippen molar-refractivity contribution in [2.45, 2.75) is 42.7 Å². The number of hydrogen-bond acceptors (Lipinski definition) is 4. The molecule has 0 radical (unpaired) electrons. The molecule has 8 heteroatoms. The van der Waals surface area contributed by atoms with E-state index < -0.39 is 10.0 Å². The molecule has 1 saturated carbocycles. The van der Waals surface area contributed by atoms with Crippen molar-refractivity contribution in [3.8, 4) is 0 Å². The van der Waals surface area contributed by atoms with E-state index in [-0.39, 0.29) is 17.6 Å². The lowest BCUT2D eigenvalue weighted by Crippen LogP contribution is -2.42. The quantitative estimate of drug-likeness (QED) is 0.687. The van der Waals surface area contributed by atoms with E-state index in [1.807, 2.05) is 6.07 Å². The molecule has 0 spiro atoms. The number of aromatic amines is 2. The van der Waals surface area contributed by atoms with Crippen molar-refractivity contribution in [2.24, 2.45) is 0 Å². The second-order valence-electron chi connectivity index (χ2n) is 8.01. The summed E-state index contributed by atoms with van der Waals surface area (Å²) in [6.07, 6.45) is 5.72. The van der Waals surface area contributed by atoms with E-state index in [9.17, 15) is 13.2 Å². The Labute approximate surface area is 163 Å². The second-order valence-corrected chi connectivity index (χ2v) is 9.90. The molecule has 0 amide bonds. The van der Waals surface area contributed by atoms with Gasteiger partial charge in [0.25, 0.3) is 5.56 Å². The Hall–Kier alpha value is -2.16. The average molecular weight is 401 g/mol. The molecule has 1 aliphatic carbocycles. The number of nitrogens with one attached hydrogen (secondary N) is 2. The standard InChI is InChI=1S/C20H24N4O3S/c1-23-10-2-3-14(23)12-24(13-4-5-13)28(26,27)15-6-7-18-17(11-15)16-8-9-21-19(16)20(25)22-18/h6-9,11,13-14,21H,2-5,10,12H2,1H3,(H,22,25)/t14-/m1/s1. The van der Waals surface area contributed by atoms with Crippen LogP contribution in [0.5, 0.6) is 0 Å². The van der Waals surface area contributed by atoms with E-state index in [2.05, 4.69) is 21.9 Å². The van der Waals surface area contributed by atoms with Crippen LogP contribution in [-0.2, 0) is 10.0 Å². The van der Waals surface area contributed by atoms with Gasteiger partial charge in [0.05, 0.1) is 4.90 Å². The highest BCUT2D eigenvalue weighted by atomic mass is 32.2. The van der Waals surface area contributed by atoms with E-state index in [1.54, 1.807) is 28.7 Å². The SMILES string of the molecule is CN1CCC[C@@H]1CN(C1CC1)S(=O)(=O)c1ccc2[nH]c(=O)c3[nH]ccc3c2c1. The topological polar surface area (TPSA) is 89.3 Å². The maximum atomic E-state index is 13.5. The van der Waals surface area contributed by atoms with Gasteiger partial charge in [-0.05, 0) is 63.5 Å². The van der Waals surface area contributed by atoms with Crippen LogP contribution in [0.4, 0.5) is 0 Å². The number of pyridine rings is 1. The normalized spacial score (nSPS) is 21.3. The molecule has 3 heterocycles. The van der Waals surface area contributed by atoms with Gasteiger partial charge >= 0.3 is 0 Å². The minimum Gasteiger partial charge on any atom is -0.357 e. The smallest absolute Gasteiger partial charge is 0.272 e. The third-order valence-corrected chi connectivity index (χ3v) is 8.04. The fraction of sp³-hybridized carbons (Fsp3) is 0.450.